The fourth-order valence-electron chi connectivity index (χ4n) is 2.16. The molecule has 0 saturated heterocycles. The zero-order valence-electron chi connectivity index (χ0n) is 19.2. The lowest BCUT2D eigenvalue weighted by atomic mass is 10.2. The van der Waals surface area contributed by atoms with Crippen molar-refractivity contribution in [1.29, 1.82) is 0 Å². The van der Waals surface area contributed by atoms with Crippen molar-refractivity contribution in [3.05, 3.63) is 48.3 Å². The number of phenols is 1. The van der Waals surface area contributed by atoms with Crippen LogP contribution >= 0.6 is 12.2 Å². The average Bonchev–Trinajstić information content (AvgIpc) is 2.78. The first-order valence-electron chi connectivity index (χ1n) is 10.1. The quantitative estimate of drug-likeness (QED) is 0.459. The zero-order valence-corrected chi connectivity index (χ0v) is 20.0. The number of hydrogen-bond acceptors (Lipinski definition) is 8. The first-order valence-corrected chi connectivity index (χ1v) is 10.5. The van der Waals surface area contributed by atoms with E-state index in [1.807, 2.05) is 26.8 Å². The van der Waals surface area contributed by atoms with Crippen molar-refractivity contribution >= 4 is 29.1 Å². The second kappa shape index (κ2) is 16.5. The molecule has 0 amide bonds. The fourth-order valence-corrected chi connectivity index (χ4v) is 2.31. The van der Waals surface area contributed by atoms with Crippen LogP contribution in [0.15, 0.2) is 42.6 Å². The Morgan fingerprint density at radius 1 is 1.12 bits per heavy atom. The summed E-state index contributed by atoms with van der Waals surface area (Å²) in [7, 11) is 1.45. The van der Waals surface area contributed by atoms with Gasteiger partial charge in [0.15, 0.2) is 5.75 Å². The highest BCUT2D eigenvalue weighted by Gasteiger charge is 2.15. The normalized spacial score (nSPS) is 9.44. The van der Waals surface area contributed by atoms with Gasteiger partial charge < -0.3 is 25.1 Å². The van der Waals surface area contributed by atoms with Gasteiger partial charge in [0, 0.05) is 25.6 Å². The smallest absolute Gasteiger partial charge is 0.308 e. The first-order chi connectivity index (χ1) is 15.2. The Morgan fingerprint density at radius 3 is 2.09 bits per heavy atom. The van der Waals surface area contributed by atoms with Crippen molar-refractivity contribution in [2.75, 3.05) is 7.11 Å². The monoisotopic (exact) mass is 464 g/mol. The molecule has 0 saturated carbocycles. The predicted molar refractivity (Wildman–Crippen MR) is 127 cm³/mol. The van der Waals surface area contributed by atoms with Crippen LogP contribution in [0, 0.1) is 0 Å². The van der Waals surface area contributed by atoms with E-state index in [4.69, 9.17) is 37.3 Å². The van der Waals surface area contributed by atoms with Crippen LogP contribution in [0.3, 0.4) is 0 Å². The Hall–Kier alpha value is -3.20. The molecule has 1 aromatic carbocycles. The number of aromatic nitrogens is 1. The van der Waals surface area contributed by atoms with Gasteiger partial charge in [-0.3, -0.25) is 9.59 Å². The SMILES string of the molecule is CCC(=O)OC(CC)CC.COc1ccnc(C(N)=S)c1OC(C)=O.Oc1ccccc1. The molecule has 0 unspecified atom stereocenters. The summed E-state index contributed by atoms with van der Waals surface area (Å²) in [6.45, 7) is 7.13. The number of para-hydroxylation sites is 1. The maximum atomic E-state index is 10.9. The number of nitrogens with two attached hydrogens (primary N) is 1. The molecule has 1 aromatic heterocycles. The Morgan fingerprint density at radius 2 is 1.72 bits per heavy atom. The molecule has 0 aliphatic heterocycles. The minimum atomic E-state index is -0.487. The van der Waals surface area contributed by atoms with Gasteiger partial charge in [0.05, 0.1) is 7.11 Å². The number of aromatic hydroxyl groups is 1. The van der Waals surface area contributed by atoms with Gasteiger partial charge in [-0.25, -0.2) is 4.98 Å². The van der Waals surface area contributed by atoms with Crippen LogP contribution in [0.5, 0.6) is 17.2 Å². The van der Waals surface area contributed by atoms with E-state index in [0.29, 0.717) is 17.9 Å². The highest BCUT2D eigenvalue weighted by atomic mass is 32.1. The zero-order chi connectivity index (χ0) is 24.5. The second-order valence-electron chi connectivity index (χ2n) is 6.27. The molecule has 0 bridgehead atoms. The van der Waals surface area contributed by atoms with Crippen molar-refractivity contribution in [2.45, 2.75) is 53.1 Å². The summed E-state index contributed by atoms with van der Waals surface area (Å²) in [5, 5.41) is 8.63. The second-order valence-corrected chi connectivity index (χ2v) is 6.71. The number of methoxy groups -OCH3 is 1. The number of phenolic OH excluding ortho intramolecular Hbond substituents is 1. The third kappa shape index (κ3) is 11.8. The fraction of sp³-hybridized carbons (Fsp3) is 0.391. The molecule has 0 spiro atoms. The molecule has 1 heterocycles. The summed E-state index contributed by atoms with van der Waals surface area (Å²) in [6, 6.07) is 10.3. The molecule has 32 heavy (non-hydrogen) atoms. The molecule has 8 nitrogen and oxygen atoms in total. The summed E-state index contributed by atoms with van der Waals surface area (Å²) >= 11 is 4.78. The van der Waals surface area contributed by atoms with E-state index in [0.717, 1.165) is 12.8 Å². The lowest BCUT2D eigenvalue weighted by Gasteiger charge is -2.12. The predicted octanol–water partition coefficient (Wildman–Crippen LogP) is 4.17. The molecule has 9 heteroatoms. The molecule has 176 valence electrons. The van der Waals surface area contributed by atoms with Gasteiger partial charge in [0.25, 0.3) is 0 Å². The maximum Gasteiger partial charge on any atom is 0.308 e. The third-order valence-electron chi connectivity index (χ3n) is 3.82. The summed E-state index contributed by atoms with van der Waals surface area (Å²) in [5.41, 5.74) is 5.67. The number of esters is 2. The van der Waals surface area contributed by atoms with E-state index in [1.54, 1.807) is 30.3 Å². The van der Waals surface area contributed by atoms with Crippen LogP contribution in [0.25, 0.3) is 0 Å². The van der Waals surface area contributed by atoms with E-state index < -0.39 is 5.97 Å². The van der Waals surface area contributed by atoms with Crippen LogP contribution in [-0.2, 0) is 14.3 Å². The number of carbonyl (C=O) groups is 2. The standard InChI is InChI=1S/C9H10N2O3S.C8H16O2.C6H6O/c1-5(12)14-8-6(13-2)3-4-11-7(8)9(10)15;1-4-7(5-2)10-8(9)6-3;7-6-4-2-1-3-5-6/h3-4H,1-2H3,(H2,10,15);7H,4-6H2,1-3H3;1-5,7H. The molecular formula is C23H32N2O6S. The summed E-state index contributed by atoms with van der Waals surface area (Å²) in [5.74, 6) is 0.262. The number of carbonyl (C=O) groups excluding carboxylic acids is 2. The van der Waals surface area contributed by atoms with Gasteiger partial charge in [-0.15, -0.1) is 0 Å². The molecule has 0 fully saturated rings. The van der Waals surface area contributed by atoms with Crippen LogP contribution < -0.4 is 15.2 Å². The van der Waals surface area contributed by atoms with E-state index in [9.17, 15) is 9.59 Å². The summed E-state index contributed by atoms with van der Waals surface area (Å²) < 4.78 is 15.0. The highest BCUT2D eigenvalue weighted by Crippen LogP contribution is 2.29. The van der Waals surface area contributed by atoms with E-state index in [-0.39, 0.29) is 28.5 Å². The Kier molecular flexibility index (Phi) is 14.8. The van der Waals surface area contributed by atoms with Crippen LogP contribution in [-0.4, -0.2) is 40.2 Å². The highest BCUT2D eigenvalue weighted by molar-refractivity contribution is 7.80. The van der Waals surface area contributed by atoms with Crippen LogP contribution in [0.2, 0.25) is 0 Å². The summed E-state index contributed by atoms with van der Waals surface area (Å²) in [4.78, 5) is 25.5. The average molecular weight is 465 g/mol. The lowest BCUT2D eigenvalue weighted by molar-refractivity contribution is -0.149. The molecule has 0 aliphatic rings. The number of pyridine rings is 1. The molecular weight excluding hydrogens is 432 g/mol. The number of ether oxygens (including phenoxy) is 3. The van der Waals surface area contributed by atoms with Gasteiger partial charge in [0.1, 0.15) is 22.5 Å². The number of benzene rings is 1. The summed E-state index contributed by atoms with van der Waals surface area (Å²) in [6.07, 6.45) is 3.92. The first kappa shape index (κ1) is 28.8. The number of thiocarbonyl (C=S) groups is 1. The molecule has 0 aliphatic carbocycles. The molecule has 2 aromatic rings. The van der Waals surface area contributed by atoms with Gasteiger partial charge in [0.2, 0.25) is 5.75 Å². The topological polar surface area (TPSA) is 121 Å². The number of hydrogen-bond donors (Lipinski definition) is 2. The lowest BCUT2D eigenvalue weighted by Crippen LogP contribution is -2.15. The van der Waals surface area contributed by atoms with Gasteiger partial charge in [-0.05, 0) is 25.0 Å². The van der Waals surface area contributed by atoms with Crippen LogP contribution in [0.4, 0.5) is 0 Å². The van der Waals surface area contributed by atoms with Crippen molar-refractivity contribution in [3.63, 3.8) is 0 Å². The minimum Gasteiger partial charge on any atom is -0.508 e. The van der Waals surface area contributed by atoms with Crippen molar-refractivity contribution < 1.29 is 28.9 Å². The van der Waals surface area contributed by atoms with Gasteiger partial charge in [-0.2, -0.15) is 0 Å². The molecule has 2 rings (SSSR count). The van der Waals surface area contributed by atoms with Crippen LogP contribution in [0.1, 0.15) is 52.7 Å². The van der Waals surface area contributed by atoms with Gasteiger partial charge >= 0.3 is 11.9 Å². The van der Waals surface area contributed by atoms with E-state index in [1.165, 1.54) is 20.2 Å². The Labute approximate surface area is 194 Å². The molecule has 3 N–H and O–H groups in total. The van der Waals surface area contributed by atoms with Crippen molar-refractivity contribution in [3.8, 4) is 17.2 Å². The van der Waals surface area contributed by atoms with E-state index >= 15 is 0 Å². The molecule has 0 radical (unpaired) electrons. The van der Waals surface area contributed by atoms with Crippen molar-refractivity contribution in [1.82, 2.24) is 4.98 Å². The van der Waals surface area contributed by atoms with Crippen molar-refractivity contribution in [2.24, 2.45) is 5.73 Å². The minimum absolute atomic E-state index is 0.0464. The van der Waals surface area contributed by atoms with E-state index in [2.05, 4.69) is 4.98 Å². The maximum absolute atomic E-state index is 10.9. The molecule has 0 atom stereocenters. The third-order valence-corrected chi connectivity index (χ3v) is 4.01. The largest absolute Gasteiger partial charge is 0.508 e. The number of rotatable bonds is 7. The number of nitrogens with zero attached hydrogens (tertiary/aromatic N) is 1. The Balaban J connectivity index is 0.000000487. The van der Waals surface area contributed by atoms with Gasteiger partial charge in [-0.1, -0.05) is 51.2 Å². The Bertz CT molecular complexity index is 842.